The van der Waals surface area contributed by atoms with Crippen molar-refractivity contribution in [3.63, 3.8) is 0 Å². The van der Waals surface area contributed by atoms with Gasteiger partial charge in [-0.1, -0.05) is 0 Å². The van der Waals surface area contributed by atoms with Crippen LogP contribution in [-0.4, -0.2) is 22.6 Å². The molecule has 0 spiro atoms. The quantitative estimate of drug-likeness (QED) is 0.761. The number of carbonyl (C=O) groups excluding carboxylic acids is 1. The minimum absolute atomic E-state index is 0.0865. The number of nitrogens with zero attached hydrogens (tertiary/aromatic N) is 2. The second kappa shape index (κ2) is 4.78. The average molecular weight is 234 g/mol. The maximum absolute atomic E-state index is 12.8. The second-order valence-corrected chi connectivity index (χ2v) is 3.46. The molecule has 5 heteroatoms. The molecule has 0 atom stereocenters. The van der Waals surface area contributed by atoms with Crippen LogP contribution in [0, 0.1) is 5.82 Å². The highest BCUT2D eigenvalue weighted by molar-refractivity contribution is 5.70. The lowest BCUT2D eigenvalue weighted by atomic mass is 10.2. The summed E-state index contributed by atoms with van der Waals surface area (Å²) in [5.74, 6) is -0.0541. The molecule has 0 fully saturated rings. The van der Waals surface area contributed by atoms with Gasteiger partial charge in [-0.15, -0.1) is 0 Å². The molecule has 2 aromatic rings. The average Bonchev–Trinajstić information content (AvgIpc) is 2.78. The van der Waals surface area contributed by atoms with Crippen LogP contribution >= 0.6 is 0 Å². The summed E-state index contributed by atoms with van der Waals surface area (Å²) in [5.41, 5.74) is 0.750. The van der Waals surface area contributed by atoms with Crippen molar-refractivity contribution in [1.29, 1.82) is 0 Å². The minimum atomic E-state index is -0.355. The Hall–Kier alpha value is -2.17. The summed E-state index contributed by atoms with van der Waals surface area (Å²) >= 11 is 0. The number of esters is 1. The van der Waals surface area contributed by atoms with Gasteiger partial charge in [0.2, 0.25) is 0 Å². The first-order valence-electron chi connectivity index (χ1n) is 5.04. The van der Waals surface area contributed by atoms with Gasteiger partial charge in [-0.2, -0.15) is 0 Å². The van der Waals surface area contributed by atoms with Gasteiger partial charge >= 0.3 is 5.97 Å². The molecule has 1 heterocycles. The van der Waals surface area contributed by atoms with E-state index in [0.717, 1.165) is 5.56 Å². The molecule has 0 bridgehead atoms. The number of rotatable bonds is 3. The topological polar surface area (TPSA) is 44.1 Å². The Labute approximate surface area is 97.7 Å². The standard InChI is InChI=1S/C12H11FN2O2/c1-17-11(16)8-15-7-6-14-12(15)9-2-4-10(13)5-3-9/h2-7H,8H2,1H3. The summed E-state index contributed by atoms with van der Waals surface area (Å²) in [4.78, 5) is 15.3. The van der Waals surface area contributed by atoms with E-state index < -0.39 is 0 Å². The number of aromatic nitrogens is 2. The zero-order valence-corrected chi connectivity index (χ0v) is 9.26. The summed E-state index contributed by atoms with van der Waals surface area (Å²) in [6.45, 7) is 0.0865. The zero-order chi connectivity index (χ0) is 12.3. The Morgan fingerprint density at radius 1 is 1.41 bits per heavy atom. The molecule has 0 amide bonds. The van der Waals surface area contributed by atoms with Crippen LogP contribution in [0.5, 0.6) is 0 Å². The highest BCUT2D eigenvalue weighted by Crippen LogP contribution is 2.17. The third kappa shape index (κ3) is 2.50. The van der Waals surface area contributed by atoms with E-state index in [4.69, 9.17) is 0 Å². The molecule has 0 saturated carbocycles. The molecular formula is C12H11FN2O2. The lowest BCUT2D eigenvalue weighted by molar-refractivity contribution is -0.141. The minimum Gasteiger partial charge on any atom is -0.468 e. The summed E-state index contributed by atoms with van der Waals surface area (Å²) < 4.78 is 19.0. The number of carbonyl (C=O) groups is 1. The number of ether oxygens (including phenoxy) is 1. The number of benzene rings is 1. The van der Waals surface area contributed by atoms with Crippen molar-refractivity contribution < 1.29 is 13.9 Å². The van der Waals surface area contributed by atoms with Crippen molar-refractivity contribution in [2.24, 2.45) is 0 Å². The van der Waals surface area contributed by atoms with Crippen LogP contribution in [0.15, 0.2) is 36.7 Å². The van der Waals surface area contributed by atoms with Crippen molar-refractivity contribution in [1.82, 2.24) is 9.55 Å². The first-order valence-corrected chi connectivity index (χ1v) is 5.04. The molecule has 2 rings (SSSR count). The molecule has 0 aliphatic carbocycles. The molecule has 0 unspecified atom stereocenters. The molecular weight excluding hydrogens is 223 g/mol. The number of methoxy groups -OCH3 is 1. The summed E-state index contributed by atoms with van der Waals surface area (Å²) in [5, 5.41) is 0. The molecule has 1 aromatic heterocycles. The van der Waals surface area contributed by atoms with Crippen LogP contribution in [-0.2, 0) is 16.1 Å². The highest BCUT2D eigenvalue weighted by atomic mass is 19.1. The molecule has 0 aliphatic heterocycles. The van der Waals surface area contributed by atoms with E-state index in [-0.39, 0.29) is 18.3 Å². The van der Waals surface area contributed by atoms with E-state index in [1.807, 2.05) is 0 Å². The molecule has 1 aromatic carbocycles. The maximum Gasteiger partial charge on any atom is 0.325 e. The fraction of sp³-hybridized carbons (Fsp3) is 0.167. The van der Waals surface area contributed by atoms with Gasteiger partial charge in [0, 0.05) is 18.0 Å². The van der Waals surface area contributed by atoms with Crippen molar-refractivity contribution in [3.05, 3.63) is 42.5 Å². The Morgan fingerprint density at radius 2 is 2.12 bits per heavy atom. The molecule has 0 radical (unpaired) electrons. The first kappa shape index (κ1) is 11.3. The van der Waals surface area contributed by atoms with Crippen LogP contribution in [0.1, 0.15) is 0 Å². The zero-order valence-electron chi connectivity index (χ0n) is 9.26. The summed E-state index contributed by atoms with van der Waals surface area (Å²) in [6.07, 6.45) is 3.26. The third-order valence-corrected chi connectivity index (χ3v) is 2.35. The van der Waals surface area contributed by atoms with Crippen LogP contribution in [0.25, 0.3) is 11.4 Å². The predicted molar refractivity (Wildman–Crippen MR) is 59.6 cm³/mol. The largest absolute Gasteiger partial charge is 0.468 e. The fourth-order valence-electron chi connectivity index (χ4n) is 1.50. The third-order valence-electron chi connectivity index (χ3n) is 2.35. The van der Waals surface area contributed by atoms with Crippen LogP contribution in [0.2, 0.25) is 0 Å². The van der Waals surface area contributed by atoms with E-state index in [9.17, 15) is 9.18 Å². The first-order chi connectivity index (χ1) is 8.20. The predicted octanol–water partition coefficient (Wildman–Crippen LogP) is 1.86. The van der Waals surface area contributed by atoms with E-state index in [1.54, 1.807) is 29.1 Å². The molecule has 4 nitrogen and oxygen atoms in total. The van der Waals surface area contributed by atoms with Crippen molar-refractivity contribution in [3.8, 4) is 11.4 Å². The second-order valence-electron chi connectivity index (χ2n) is 3.46. The lowest BCUT2D eigenvalue weighted by Gasteiger charge is -2.06. The fourth-order valence-corrected chi connectivity index (χ4v) is 1.50. The van der Waals surface area contributed by atoms with E-state index in [0.29, 0.717) is 5.82 Å². The van der Waals surface area contributed by atoms with Crippen LogP contribution in [0.3, 0.4) is 0 Å². The van der Waals surface area contributed by atoms with E-state index in [1.165, 1.54) is 19.2 Å². The van der Waals surface area contributed by atoms with Crippen molar-refractivity contribution >= 4 is 5.97 Å². The van der Waals surface area contributed by atoms with Gasteiger partial charge in [0.15, 0.2) is 0 Å². The number of hydrogen-bond acceptors (Lipinski definition) is 3. The van der Waals surface area contributed by atoms with Crippen LogP contribution < -0.4 is 0 Å². The van der Waals surface area contributed by atoms with Gasteiger partial charge in [-0.05, 0) is 24.3 Å². The smallest absolute Gasteiger partial charge is 0.325 e. The Morgan fingerprint density at radius 3 is 2.76 bits per heavy atom. The van der Waals surface area contributed by atoms with Crippen molar-refractivity contribution in [2.45, 2.75) is 6.54 Å². The highest BCUT2D eigenvalue weighted by Gasteiger charge is 2.09. The van der Waals surface area contributed by atoms with E-state index >= 15 is 0 Å². The maximum atomic E-state index is 12.8. The number of imidazole rings is 1. The SMILES string of the molecule is COC(=O)Cn1ccnc1-c1ccc(F)cc1. The van der Waals surface area contributed by atoms with Gasteiger partial charge in [-0.25, -0.2) is 9.37 Å². The van der Waals surface area contributed by atoms with Crippen molar-refractivity contribution in [2.75, 3.05) is 7.11 Å². The Balaban J connectivity index is 2.30. The summed E-state index contributed by atoms with van der Waals surface area (Å²) in [7, 11) is 1.33. The van der Waals surface area contributed by atoms with Gasteiger partial charge in [0.1, 0.15) is 18.2 Å². The van der Waals surface area contributed by atoms with Gasteiger partial charge in [0.25, 0.3) is 0 Å². The molecule has 0 N–H and O–H groups in total. The normalized spacial score (nSPS) is 10.2. The molecule has 0 aliphatic rings. The van der Waals surface area contributed by atoms with Gasteiger partial charge in [0.05, 0.1) is 7.11 Å². The van der Waals surface area contributed by atoms with Gasteiger partial charge < -0.3 is 9.30 Å². The summed E-state index contributed by atoms with van der Waals surface area (Å²) in [6, 6.07) is 5.94. The van der Waals surface area contributed by atoms with Gasteiger partial charge in [-0.3, -0.25) is 4.79 Å². The molecule has 0 saturated heterocycles. The monoisotopic (exact) mass is 234 g/mol. The lowest BCUT2D eigenvalue weighted by Crippen LogP contribution is -2.11. The Kier molecular flexibility index (Phi) is 3.18. The number of hydrogen-bond donors (Lipinski definition) is 0. The number of halogens is 1. The van der Waals surface area contributed by atoms with E-state index in [2.05, 4.69) is 9.72 Å². The Bertz CT molecular complexity index is 520. The van der Waals surface area contributed by atoms with Crippen LogP contribution in [0.4, 0.5) is 4.39 Å². The molecule has 17 heavy (non-hydrogen) atoms. The molecule has 88 valence electrons.